The van der Waals surface area contributed by atoms with Crippen molar-refractivity contribution in [1.82, 2.24) is 14.8 Å². The maximum Gasteiger partial charge on any atom is 0.360 e. The molecule has 0 unspecified atom stereocenters. The first-order chi connectivity index (χ1) is 15.8. The average Bonchev–Trinajstić information content (AvgIpc) is 3.40. The third-order valence-corrected chi connectivity index (χ3v) is 5.79. The summed E-state index contributed by atoms with van der Waals surface area (Å²) in [6.45, 7) is 1.90. The summed E-state index contributed by atoms with van der Waals surface area (Å²) in [5, 5.41) is 9.77. The normalized spacial score (nSPS) is 11.5. The van der Waals surface area contributed by atoms with E-state index in [-0.39, 0.29) is 29.0 Å². The maximum atomic E-state index is 11.9. The summed E-state index contributed by atoms with van der Waals surface area (Å²) in [6, 6.07) is 15.6. The van der Waals surface area contributed by atoms with E-state index in [4.69, 9.17) is 20.0 Å². The molecule has 2 heterocycles. The van der Waals surface area contributed by atoms with Crippen LogP contribution in [0.1, 0.15) is 28.5 Å². The van der Waals surface area contributed by atoms with Gasteiger partial charge in [-0.05, 0) is 24.6 Å². The third-order valence-electron chi connectivity index (χ3n) is 4.86. The molecule has 0 spiro atoms. The molecule has 0 aliphatic heterocycles. The Labute approximate surface area is 189 Å². The smallest absolute Gasteiger partial charge is 0.360 e. The lowest BCUT2D eigenvalue weighted by atomic mass is 10.0. The SMILES string of the molecule is CCOC(=O)c1coc(-n2nc(-c3ccccc3)c(Cc3ccc(S(N)(=O)=O)cc3)c2N)n1. The number of benzene rings is 2. The summed E-state index contributed by atoms with van der Waals surface area (Å²) in [5.41, 5.74) is 9.33. The molecule has 4 rings (SSSR count). The summed E-state index contributed by atoms with van der Waals surface area (Å²) >= 11 is 0. The molecule has 10 nitrogen and oxygen atoms in total. The van der Waals surface area contributed by atoms with Gasteiger partial charge in [0.25, 0.3) is 0 Å². The molecule has 0 radical (unpaired) electrons. The van der Waals surface area contributed by atoms with Crippen molar-refractivity contribution in [2.24, 2.45) is 5.14 Å². The summed E-state index contributed by atoms with van der Waals surface area (Å²) in [4.78, 5) is 16.1. The second kappa shape index (κ2) is 8.88. The number of carbonyl (C=O) groups is 1. The molecule has 0 fully saturated rings. The standard InChI is InChI=1S/C22H21N5O5S/c1-2-31-21(28)18-13-32-22(25-18)27-20(23)17(19(26-27)15-6-4-3-5-7-15)12-14-8-10-16(11-9-14)33(24,29)30/h3-11,13H,2,12,23H2,1H3,(H2,24,29,30). The molecule has 0 aliphatic carbocycles. The Kier molecular flexibility index (Phi) is 5.99. The Morgan fingerprint density at radius 2 is 1.82 bits per heavy atom. The number of nitrogens with two attached hydrogens (primary N) is 2. The van der Waals surface area contributed by atoms with E-state index >= 15 is 0 Å². The largest absolute Gasteiger partial charge is 0.461 e. The molecule has 4 aromatic rings. The zero-order valence-corrected chi connectivity index (χ0v) is 18.5. The number of nitrogen functional groups attached to an aromatic ring is 1. The van der Waals surface area contributed by atoms with Crippen LogP contribution < -0.4 is 10.9 Å². The molecule has 0 bridgehead atoms. The van der Waals surface area contributed by atoms with Crippen LogP contribution in [0.3, 0.4) is 0 Å². The number of carbonyl (C=O) groups excluding carboxylic acids is 1. The van der Waals surface area contributed by atoms with Crippen LogP contribution in [0.2, 0.25) is 0 Å². The first-order valence-corrected chi connectivity index (χ1v) is 11.5. The van der Waals surface area contributed by atoms with Gasteiger partial charge in [0.2, 0.25) is 10.0 Å². The molecular weight excluding hydrogens is 446 g/mol. The Morgan fingerprint density at radius 3 is 2.45 bits per heavy atom. The van der Waals surface area contributed by atoms with Gasteiger partial charge in [-0.25, -0.2) is 18.4 Å². The molecule has 33 heavy (non-hydrogen) atoms. The van der Waals surface area contributed by atoms with Crippen molar-refractivity contribution in [3.8, 4) is 17.3 Å². The number of hydrogen-bond acceptors (Lipinski definition) is 8. The Bertz CT molecular complexity index is 1390. The third kappa shape index (κ3) is 4.64. The fraction of sp³-hybridized carbons (Fsp3) is 0.136. The molecular formula is C22H21N5O5S. The number of oxazole rings is 1. The second-order valence-corrected chi connectivity index (χ2v) is 8.65. The summed E-state index contributed by atoms with van der Waals surface area (Å²) in [5.74, 6) is -0.349. The zero-order valence-electron chi connectivity index (χ0n) is 17.6. The van der Waals surface area contributed by atoms with Crippen LogP contribution >= 0.6 is 0 Å². The number of anilines is 1. The van der Waals surface area contributed by atoms with Gasteiger partial charge in [-0.15, -0.1) is 0 Å². The molecule has 0 saturated heterocycles. The van der Waals surface area contributed by atoms with E-state index in [0.29, 0.717) is 17.7 Å². The molecule has 4 N–H and O–H groups in total. The molecule has 170 valence electrons. The van der Waals surface area contributed by atoms with Crippen molar-refractivity contribution >= 4 is 21.8 Å². The van der Waals surface area contributed by atoms with E-state index in [0.717, 1.165) is 11.1 Å². The van der Waals surface area contributed by atoms with Gasteiger partial charge in [0.05, 0.1) is 17.2 Å². The minimum absolute atomic E-state index is 0.00291. The Balaban J connectivity index is 1.76. The van der Waals surface area contributed by atoms with Crippen LogP contribution in [0, 0.1) is 0 Å². The molecule has 0 saturated carbocycles. The van der Waals surface area contributed by atoms with Gasteiger partial charge in [-0.2, -0.15) is 14.8 Å². The summed E-state index contributed by atoms with van der Waals surface area (Å²) in [7, 11) is -3.79. The van der Waals surface area contributed by atoms with Crippen LogP contribution in [0.15, 0.2) is 70.2 Å². The number of sulfonamides is 1. The second-order valence-electron chi connectivity index (χ2n) is 7.09. The van der Waals surface area contributed by atoms with Crippen LogP contribution in [0.4, 0.5) is 5.82 Å². The minimum atomic E-state index is -3.79. The Hall–Kier alpha value is -3.96. The van der Waals surface area contributed by atoms with E-state index < -0.39 is 16.0 Å². The van der Waals surface area contributed by atoms with E-state index in [2.05, 4.69) is 10.1 Å². The lowest BCUT2D eigenvalue weighted by Crippen LogP contribution is -2.11. The van der Waals surface area contributed by atoms with Crippen molar-refractivity contribution in [1.29, 1.82) is 0 Å². The highest BCUT2D eigenvalue weighted by Crippen LogP contribution is 2.31. The van der Waals surface area contributed by atoms with Gasteiger partial charge in [0.1, 0.15) is 12.1 Å². The number of aromatic nitrogens is 3. The lowest BCUT2D eigenvalue weighted by molar-refractivity contribution is 0.0519. The number of esters is 1. The topological polar surface area (TPSA) is 156 Å². The molecule has 2 aromatic heterocycles. The minimum Gasteiger partial charge on any atom is -0.461 e. The van der Waals surface area contributed by atoms with Crippen LogP contribution in [-0.2, 0) is 21.2 Å². The van der Waals surface area contributed by atoms with Gasteiger partial charge < -0.3 is 14.9 Å². The Morgan fingerprint density at radius 1 is 1.12 bits per heavy atom. The fourth-order valence-electron chi connectivity index (χ4n) is 3.27. The fourth-order valence-corrected chi connectivity index (χ4v) is 3.79. The van der Waals surface area contributed by atoms with Gasteiger partial charge in [0, 0.05) is 17.5 Å². The molecule has 0 aliphatic rings. The maximum absolute atomic E-state index is 11.9. The van der Waals surface area contributed by atoms with Gasteiger partial charge in [-0.1, -0.05) is 42.5 Å². The number of nitrogens with zero attached hydrogens (tertiary/aromatic N) is 3. The van der Waals surface area contributed by atoms with Crippen molar-refractivity contribution in [2.75, 3.05) is 12.3 Å². The molecule has 2 aromatic carbocycles. The van der Waals surface area contributed by atoms with Crippen LogP contribution in [0.25, 0.3) is 17.3 Å². The number of hydrogen-bond donors (Lipinski definition) is 2. The van der Waals surface area contributed by atoms with Crippen molar-refractivity contribution in [3.05, 3.63) is 77.7 Å². The summed E-state index contributed by atoms with van der Waals surface area (Å²) in [6.07, 6.45) is 1.54. The zero-order chi connectivity index (χ0) is 23.6. The first kappa shape index (κ1) is 22.2. The van der Waals surface area contributed by atoms with E-state index in [1.807, 2.05) is 30.3 Å². The predicted octanol–water partition coefficient (Wildman–Crippen LogP) is 2.52. The van der Waals surface area contributed by atoms with Gasteiger partial charge >= 0.3 is 12.0 Å². The van der Waals surface area contributed by atoms with Crippen LogP contribution in [0.5, 0.6) is 0 Å². The highest BCUT2D eigenvalue weighted by atomic mass is 32.2. The average molecular weight is 468 g/mol. The highest BCUT2D eigenvalue weighted by Gasteiger charge is 2.23. The quantitative estimate of drug-likeness (QED) is 0.393. The van der Waals surface area contributed by atoms with Crippen molar-refractivity contribution in [2.45, 2.75) is 18.2 Å². The van der Waals surface area contributed by atoms with E-state index in [1.54, 1.807) is 19.1 Å². The monoisotopic (exact) mass is 467 g/mol. The van der Waals surface area contributed by atoms with Gasteiger partial charge in [-0.3, -0.25) is 0 Å². The highest BCUT2D eigenvalue weighted by molar-refractivity contribution is 7.89. The lowest BCUT2D eigenvalue weighted by Gasteiger charge is -2.06. The molecule has 11 heteroatoms. The number of primary sulfonamides is 1. The number of ether oxygens (including phenoxy) is 1. The molecule has 0 atom stereocenters. The van der Waals surface area contributed by atoms with Crippen molar-refractivity contribution in [3.63, 3.8) is 0 Å². The van der Waals surface area contributed by atoms with E-state index in [1.165, 1.54) is 23.1 Å². The first-order valence-electron chi connectivity index (χ1n) is 9.95. The van der Waals surface area contributed by atoms with Crippen LogP contribution in [-0.4, -0.2) is 35.8 Å². The predicted molar refractivity (Wildman–Crippen MR) is 120 cm³/mol. The summed E-state index contributed by atoms with van der Waals surface area (Å²) < 4.78 is 34.8. The van der Waals surface area contributed by atoms with Crippen molar-refractivity contribution < 1.29 is 22.4 Å². The van der Waals surface area contributed by atoms with E-state index in [9.17, 15) is 13.2 Å². The molecule has 0 amide bonds. The number of rotatable bonds is 7. The van der Waals surface area contributed by atoms with Gasteiger partial charge in [0.15, 0.2) is 5.69 Å².